The molecule has 1 N–H and O–H groups in total. The van der Waals surface area contributed by atoms with Crippen LogP contribution in [0, 0.1) is 6.92 Å². The lowest BCUT2D eigenvalue weighted by molar-refractivity contribution is 0.0939. The Bertz CT molecular complexity index is 979. The quantitative estimate of drug-likeness (QED) is 0.750. The van der Waals surface area contributed by atoms with Gasteiger partial charge in [0.2, 0.25) is 10.0 Å². The molecule has 1 fully saturated rings. The summed E-state index contributed by atoms with van der Waals surface area (Å²) in [6.45, 7) is 4.90. The molecule has 2 aromatic rings. The average molecular weight is 431 g/mol. The summed E-state index contributed by atoms with van der Waals surface area (Å²) in [5, 5.41) is 2.95. The molecule has 30 heavy (non-hydrogen) atoms. The van der Waals surface area contributed by atoms with E-state index in [1.807, 2.05) is 38.1 Å². The molecule has 6 nitrogen and oxygen atoms in total. The third-order valence-corrected chi connectivity index (χ3v) is 7.45. The third kappa shape index (κ3) is 5.02. The van der Waals surface area contributed by atoms with Crippen LogP contribution in [0.3, 0.4) is 0 Å². The molecule has 1 aliphatic heterocycles. The van der Waals surface area contributed by atoms with Gasteiger partial charge in [-0.25, -0.2) is 8.42 Å². The van der Waals surface area contributed by atoms with Gasteiger partial charge in [-0.15, -0.1) is 0 Å². The van der Waals surface area contributed by atoms with E-state index in [1.54, 1.807) is 12.1 Å². The van der Waals surface area contributed by atoms with Crippen molar-refractivity contribution in [2.75, 3.05) is 20.2 Å². The molecule has 0 aromatic heterocycles. The molecule has 0 spiro atoms. The van der Waals surface area contributed by atoms with Gasteiger partial charge < -0.3 is 10.1 Å². The Morgan fingerprint density at radius 3 is 2.27 bits per heavy atom. The van der Waals surface area contributed by atoms with Crippen LogP contribution in [0.15, 0.2) is 47.4 Å². The van der Waals surface area contributed by atoms with Gasteiger partial charge in [-0.3, -0.25) is 4.79 Å². The summed E-state index contributed by atoms with van der Waals surface area (Å²) in [4.78, 5) is 12.9. The first kappa shape index (κ1) is 22.3. The molecule has 1 aliphatic rings. The minimum atomic E-state index is -3.74. The topological polar surface area (TPSA) is 75.7 Å². The van der Waals surface area contributed by atoms with Gasteiger partial charge in [0, 0.05) is 18.7 Å². The number of hydrogen-bond acceptors (Lipinski definition) is 4. The molecule has 0 radical (unpaired) electrons. The first-order valence-electron chi connectivity index (χ1n) is 10.4. The van der Waals surface area contributed by atoms with Crippen molar-refractivity contribution in [3.63, 3.8) is 0 Å². The molecular formula is C23H30N2O4S. The van der Waals surface area contributed by atoms with Crippen LogP contribution in [0.5, 0.6) is 5.75 Å². The highest BCUT2D eigenvalue weighted by atomic mass is 32.2. The van der Waals surface area contributed by atoms with E-state index in [2.05, 4.69) is 5.32 Å². The summed E-state index contributed by atoms with van der Waals surface area (Å²) in [6, 6.07) is 12.3. The minimum Gasteiger partial charge on any atom is -0.495 e. The summed E-state index contributed by atoms with van der Waals surface area (Å²) in [6.07, 6.45) is 3.75. The normalized spacial score (nSPS) is 16.5. The molecule has 7 heteroatoms. The zero-order valence-corrected chi connectivity index (χ0v) is 18.7. The van der Waals surface area contributed by atoms with Gasteiger partial charge in [0.15, 0.2) is 0 Å². The van der Waals surface area contributed by atoms with E-state index >= 15 is 0 Å². The van der Waals surface area contributed by atoms with Crippen molar-refractivity contribution in [1.82, 2.24) is 9.62 Å². The first-order chi connectivity index (χ1) is 14.3. The molecule has 2 aromatic carbocycles. The Morgan fingerprint density at radius 2 is 1.67 bits per heavy atom. The summed E-state index contributed by atoms with van der Waals surface area (Å²) >= 11 is 0. The Balaban J connectivity index is 1.86. The highest BCUT2D eigenvalue weighted by molar-refractivity contribution is 7.89. The molecule has 0 saturated carbocycles. The van der Waals surface area contributed by atoms with Gasteiger partial charge in [0.1, 0.15) is 10.6 Å². The minimum absolute atomic E-state index is 0.0440. The Kier molecular flexibility index (Phi) is 7.15. The number of rotatable bonds is 6. The lowest BCUT2D eigenvalue weighted by atomic mass is 10.1. The maximum atomic E-state index is 13.3. The van der Waals surface area contributed by atoms with Crippen LogP contribution in [-0.4, -0.2) is 38.8 Å². The second-order valence-electron chi connectivity index (χ2n) is 7.79. The SMILES string of the molecule is COc1ccc(C(=O)NC(C)c2ccc(C)cc2)cc1S(=O)(=O)N1CCCCCC1. The number of carbonyl (C=O) groups is 1. The molecular weight excluding hydrogens is 400 g/mol. The molecule has 3 rings (SSSR count). The number of methoxy groups -OCH3 is 1. The van der Waals surface area contributed by atoms with Crippen LogP contribution in [0.25, 0.3) is 0 Å². The van der Waals surface area contributed by atoms with Gasteiger partial charge in [-0.2, -0.15) is 4.31 Å². The van der Waals surface area contributed by atoms with Crippen molar-refractivity contribution < 1.29 is 17.9 Å². The highest BCUT2D eigenvalue weighted by Crippen LogP contribution is 2.29. The highest BCUT2D eigenvalue weighted by Gasteiger charge is 2.29. The van der Waals surface area contributed by atoms with Crippen LogP contribution in [0.2, 0.25) is 0 Å². The van der Waals surface area contributed by atoms with Crippen LogP contribution in [0.4, 0.5) is 0 Å². The first-order valence-corrected chi connectivity index (χ1v) is 11.8. The second-order valence-corrected chi connectivity index (χ2v) is 9.70. The zero-order valence-electron chi connectivity index (χ0n) is 17.8. The standard InChI is InChI=1S/C23H30N2O4S/c1-17-8-10-19(11-9-17)18(2)24-23(26)20-12-13-21(29-3)22(16-20)30(27,28)25-14-6-4-5-7-15-25/h8-13,16,18H,4-7,14-15H2,1-3H3,(H,24,26). The summed E-state index contributed by atoms with van der Waals surface area (Å²) < 4.78 is 33.4. The molecule has 0 bridgehead atoms. The fourth-order valence-corrected chi connectivity index (χ4v) is 5.36. The lowest BCUT2D eigenvalue weighted by Crippen LogP contribution is -2.32. The third-order valence-electron chi connectivity index (χ3n) is 5.53. The maximum absolute atomic E-state index is 13.3. The van der Waals surface area contributed by atoms with Crippen molar-refractivity contribution in [2.45, 2.75) is 50.5 Å². The van der Waals surface area contributed by atoms with Crippen molar-refractivity contribution in [2.24, 2.45) is 0 Å². The number of ether oxygens (including phenoxy) is 1. The molecule has 1 atom stereocenters. The molecule has 162 valence electrons. The van der Waals surface area contributed by atoms with E-state index in [-0.39, 0.29) is 22.6 Å². The number of nitrogens with one attached hydrogen (secondary N) is 1. The van der Waals surface area contributed by atoms with Crippen LogP contribution < -0.4 is 10.1 Å². The van der Waals surface area contributed by atoms with E-state index in [4.69, 9.17) is 4.74 Å². The fourth-order valence-electron chi connectivity index (χ4n) is 3.66. The zero-order chi connectivity index (χ0) is 21.7. The number of aryl methyl sites for hydroxylation is 1. The number of sulfonamides is 1. The number of nitrogens with zero attached hydrogens (tertiary/aromatic N) is 1. The monoisotopic (exact) mass is 430 g/mol. The Hall–Kier alpha value is -2.38. The summed E-state index contributed by atoms with van der Waals surface area (Å²) in [5.41, 5.74) is 2.43. The molecule has 1 unspecified atom stereocenters. The van der Waals surface area contributed by atoms with Crippen LogP contribution in [-0.2, 0) is 10.0 Å². The van der Waals surface area contributed by atoms with Gasteiger partial charge >= 0.3 is 0 Å². The predicted molar refractivity (Wildman–Crippen MR) is 117 cm³/mol. The largest absolute Gasteiger partial charge is 0.495 e. The van der Waals surface area contributed by atoms with Gasteiger partial charge in [0.05, 0.1) is 13.2 Å². The van der Waals surface area contributed by atoms with E-state index < -0.39 is 10.0 Å². The average Bonchev–Trinajstić information content (AvgIpc) is 3.04. The molecule has 1 saturated heterocycles. The van der Waals surface area contributed by atoms with Gasteiger partial charge in [0.25, 0.3) is 5.91 Å². The van der Waals surface area contributed by atoms with Crippen molar-refractivity contribution in [3.8, 4) is 5.75 Å². The van der Waals surface area contributed by atoms with E-state index in [0.29, 0.717) is 18.7 Å². The fraction of sp³-hybridized carbons (Fsp3) is 0.435. The Morgan fingerprint density at radius 1 is 1.03 bits per heavy atom. The smallest absolute Gasteiger partial charge is 0.251 e. The summed E-state index contributed by atoms with van der Waals surface area (Å²) in [7, 11) is -2.30. The van der Waals surface area contributed by atoms with Crippen molar-refractivity contribution in [1.29, 1.82) is 0 Å². The van der Waals surface area contributed by atoms with E-state index in [1.165, 1.54) is 17.5 Å². The maximum Gasteiger partial charge on any atom is 0.251 e. The van der Waals surface area contributed by atoms with E-state index in [9.17, 15) is 13.2 Å². The molecule has 0 aliphatic carbocycles. The number of amides is 1. The Labute approximate surface area is 179 Å². The second kappa shape index (κ2) is 9.62. The van der Waals surface area contributed by atoms with E-state index in [0.717, 1.165) is 36.8 Å². The number of benzene rings is 2. The lowest BCUT2D eigenvalue weighted by Gasteiger charge is -2.22. The van der Waals surface area contributed by atoms with Crippen molar-refractivity contribution >= 4 is 15.9 Å². The summed E-state index contributed by atoms with van der Waals surface area (Å²) in [5.74, 6) is -0.0691. The predicted octanol–water partition coefficient (Wildman–Crippen LogP) is 4.06. The molecule has 1 amide bonds. The van der Waals surface area contributed by atoms with Gasteiger partial charge in [-0.1, -0.05) is 42.7 Å². The van der Waals surface area contributed by atoms with Crippen molar-refractivity contribution in [3.05, 3.63) is 59.2 Å². The number of carbonyl (C=O) groups excluding carboxylic acids is 1. The molecule has 1 heterocycles. The van der Waals surface area contributed by atoms with Crippen LogP contribution in [0.1, 0.15) is 60.1 Å². The number of hydrogen-bond donors (Lipinski definition) is 1. The van der Waals surface area contributed by atoms with Gasteiger partial charge in [-0.05, 0) is 50.5 Å². The van der Waals surface area contributed by atoms with Crippen LogP contribution >= 0.6 is 0 Å².